The first kappa shape index (κ1) is 15.3. The van der Waals surface area contributed by atoms with E-state index in [0.717, 1.165) is 21.3 Å². The maximum atomic E-state index is 11.4. The summed E-state index contributed by atoms with van der Waals surface area (Å²) in [5.74, 6) is 1.37. The van der Waals surface area contributed by atoms with Crippen LogP contribution in [0.15, 0.2) is 34.8 Å². The van der Waals surface area contributed by atoms with Gasteiger partial charge in [-0.3, -0.25) is 4.79 Å². The SMILES string of the molecule is CC(=O)c1ccc(Oc2c(C)cc(C#N)cc2C)c(Br)c1. The smallest absolute Gasteiger partial charge is 0.159 e. The van der Waals surface area contributed by atoms with Gasteiger partial charge in [0, 0.05) is 5.56 Å². The molecule has 0 amide bonds. The molecule has 0 fully saturated rings. The van der Waals surface area contributed by atoms with Crippen molar-refractivity contribution >= 4 is 21.7 Å². The molecule has 106 valence electrons. The monoisotopic (exact) mass is 343 g/mol. The van der Waals surface area contributed by atoms with E-state index in [1.54, 1.807) is 30.3 Å². The average Bonchev–Trinajstić information content (AvgIpc) is 2.43. The van der Waals surface area contributed by atoms with Crippen molar-refractivity contribution in [2.45, 2.75) is 20.8 Å². The molecule has 0 unspecified atom stereocenters. The van der Waals surface area contributed by atoms with Crippen LogP contribution in [0.5, 0.6) is 11.5 Å². The second-order valence-corrected chi connectivity index (χ2v) is 5.71. The lowest BCUT2D eigenvalue weighted by atomic mass is 10.1. The lowest BCUT2D eigenvalue weighted by molar-refractivity contribution is 0.101. The van der Waals surface area contributed by atoms with Gasteiger partial charge in [0.15, 0.2) is 5.78 Å². The first-order chi connectivity index (χ1) is 9.92. The zero-order valence-electron chi connectivity index (χ0n) is 12.0. The summed E-state index contributed by atoms with van der Waals surface area (Å²) in [4.78, 5) is 11.4. The quantitative estimate of drug-likeness (QED) is 0.742. The standard InChI is InChI=1S/C17H14BrNO2/c1-10-6-13(9-19)7-11(2)17(10)21-16-5-4-14(12(3)20)8-15(16)18/h4-8H,1-3H3. The highest BCUT2D eigenvalue weighted by atomic mass is 79.9. The summed E-state index contributed by atoms with van der Waals surface area (Å²) in [5, 5.41) is 8.96. The molecule has 2 rings (SSSR count). The van der Waals surface area contributed by atoms with E-state index in [9.17, 15) is 4.79 Å². The Morgan fingerprint density at radius 1 is 1.19 bits per heavy atom. The van der Waals surface area contributed by atoms with Crippen LogP contribution in [0.25, 0.3) is 0 Å². The molecule has 0 radical (unpaired) electrons. The van der Waals surface area contributed by atoms with E-state index in [4.69, 9.17) is 10.00 Å². The van der Waals surface area contributed by atoms with Crippen molar-refractivity contribution in [3.05, 3.63) is 57.1 Å². The van der Waals surface area contributed by atoms with E-state index >= 15 is 0 Å². The summed E-state index contributed by atoms with van der Waals surface area (Å²) < 4.78 is 6.66. The van der Waals surface area contributed by atoms with E-state index in [1.807, 2.05) is 13.8 Å². The van der Waals surface area contributed by atoms with E-state index in [0.29, 0.717) is 16.9 Å². The third-order valence-corrected chi connectivity index (χ3v) is 3.76. The zero-order chi connectivity index (χ0) is 15.6. The number of ether oxygens (including phenoxy) is 1. The number of nitriles is 1. The highest BCUT2D eigenvalue weighted by Gasteiger charge is 2.11. The topological polar surface area (TPSA) is 50.1 Å². The van der Waals surface area contributed by atoms with Crippen LogP contribution in [-0.4, -0.2) is 5.78 Å². The third-order valence-electron chi connectivity index (χ3n) is 3.14. The summed E-state index contributed by atoms with van der Waals surface area (Å²) in [5.41, 5.74) is 3.04. The predicted octanol–water partition coefficient (Wildman–Crippen LogP) is 4.93. The minimum Gasteiger partial charge on any atom is -0.456 e. The van der Waals surface area contributed by atoms with Gasteiger partial charge in [0.05, 0.1) is 16.1 Å². The molecule has 2 aromatic rings. The number of aryl methyl sites for hydroxylation is 2. The van der Waals surface area contributed by atoms with E-state index < -0.39 is 0 Å². The fraction of sp³-hybridized carbons (Fsp3) is 0.176. The maximum Gasteiger partial charge on any atom is 0.159 e. The van der Waals surface area contributed by atoms with Crippen LogP contribution in [0.2, 0.25) is 0 Å². The lowest BCUT2D eigenvalue weighted by Gasteiger charge is -2.14. The number of Topliss-reactive ketones (excluding diaryl/α,β-unsaturated/α-hetero) is 1. The normalized spacial score (nSPS) is 10.0. The van der Waals surface area contributed by atoms with Crippen molar-refractivity contribution < 1.29 is 9.53 Å². The largest absolute Gasteiger partial charge is 0.456 e. The Hall–Kier alpha value is -2.12. The molecule has 0 aliphatic carbocycles. The fourth-order valence-corrected chi connectivity index (χ4v) is 2.55. The summed E-state index contributed by atoms with van der Waals surface area (Å²) >= 11 is 3.42. The molecule has 0 atom stereocenters. The van der Waals surface area contributed by atoms with Crippen LogP contribution in [0.3, 0.4) is 0 Å². The highest BCUT2D eigenvalue weighted by Crippen LogP contribution is 2.34. The Balaban J connectivity index is 2.39. The summed E-state index contributed by atoms with van der Waals surface area (Å²) in [7, 11) is 0. The molecule has 0 bridgehead atoms. The minimum absolute atomic E-state index is 0.00739. The van der Waals surface area contributed by atoms with Gasteiger partial charge < -0.3 is 4.74 Å². The van der Waals surface area contributed by atoms with Crippen molar-refractivity contribution in [3.8, 4) is 17.6 Å². The molecule has 21 heavy (non-hydrogen) atoms. The second-order valence-electron chi connectivity index (χ2n) is 4.85. The number of nitrogens with zero attached hydrogens (tertiary/aromatic N) is 1. The molecule has 3 nitrogen and oxygen atoms in total. The van der Waals surface area contributed by atoms with Crippen molar-refractivity contribution in [3.63, 3.8) is 0 Å². The number of halogens is 1. The van der Waals surface area contributed by atoms with Gasteiger partial charge in [0.2, 0.25) is 0 Å². The van der Waals surface area contributed by atoms with Crippen molar-refractivity contribution in [1.82, 2.24) is 0 Å². The fourth-order valence-electron chi connectivity index (χ4n) is 2.09. The van der Waals surface area contributed by atoms with Gasteiger partial charge in [-0.05, 0) is 78.2 Å². The Morgan fingerprint density at radius 2 is 1.81 bits per heavy atom. The molecular weight excluding hydrogens is 330 g/mol. The number of hydrogen-bond donors (Lipinski definition) is 0. The third kappa shape index (κ3) is 3.32. The van der Waals surface area contributed by atoms with Crippen LogP contribution in [0, 0.1) is 25.2 Å². The summed E-state index contributed by atoms with van der Waals surface area (Å²) in [6.07, 6.45) is 0. The number of carbonyl (C=O) groups is 1. The molecule has 0 spiro atoms. The van der Waals surface area contributed by atoms with Crippen molar-refractivity contribution in [1.29, 1.82) is 5.26 Å². The van der Waals surface area contributed by atoms with E-state index in [-0.39, 0.29) is 5.78 Å². The lowest BCUT2D eigenvalue weighted by Crippen LogP contribution is -1.96. The molecule has 0 N–H and O–H groups in total. The number of benzene rings is 2. The Morgan fingerprint density at radius 3 is 2.29 bits per heavy atom. The Bertz CT molecular complexity index is 737. The second kappa shape index (κ2) is 6.11. The summed E-state index contributed by atoms with van der Waals surface area (Å²) in [6, 6.07) is 10.9. The van der Waals surface area contributed by atoms with E-state index in [1.165, 1.54) is 6.92 Å². The molecule has 0 saturated heterocycles. The van der Waals surface area contributed by atoms with E-state index in [2.05, 4.69) is 22.0 Å². The van der Waals surface area contributed by atoms with Gasteiger partial charge in [-0.1, -0.05) is 0 Å². The van der Waals surface area contributed by atoms with Crippen LogP contribution < -0.4 is 4.74 Å². The Kier molecular flexibility index (Phi) is 4.44. The molecule has 0 heterocycles. The maximum absolute atomic E-state index is 11.4. The first-order valence-electron chi connectivity index (χ1n) is 6.42. The molecule has 4 heteroatoms. The van der Waals surface area contributed by atoms with Gasteiger partial charge in [-0.25, -0.2) is 0 Å². The van der Waals surface area contributed by atoms with Gasteiger partial charge >= 0.3 is 0 Å². The predicted molar refractivity (Wildman–Crippen MR) is 84.9 cm³/mol. The summed E-state index contributed by atoms with van der Waals surface area (Å²) in [6.45, 7) is 5.33. The van der Waals surface area contributed by atoms with Crippen LogP contribution in [-0.2, 0) is 0 Å². The molecule has 0 saturated carbocycles. The highest BCUT2D eigenvalue weighted by molar-refractivity contribution is 9.10. The number of carbonyl (C=O) groups excluding carboxylic acids is 1. The molecular formula is C17H14BrNO2. The number of rotatable bonds is 3. The van der Waals surface area contributed by atoms with Gasteiger partial charge in [-0.2, -0.15) is 5.26 Å². The van der Waals surface area contributed by atoms with Gasteiger partial charge in [-0.15, -0.1) is 0 Å². The molecule has 0 aliphatic rings. The van der Waals surface area contributed by atoms with Gasteiger partial charge in [0.25, 0.3) is 0 Å². The van der Waals surface area contributed by atoms with Crippen LogP contribution >= 0.6 is 15.9 Å². The van der Waals surface area contributed by atoms with Crippen molar-refractivity contribution in [2.75, 3.05) is 0 Å². The molecule has 0 aromatic heterocycles. The Labute approximate surface area is 132 Å². The molecule has 2 aromatic carbocycles. The van der Waals surface area contributed by atoms with Gasteiger partial charge in [0.1, 0.15) is 11.5 Å². The van der Waals surface area contributed by atoms with Crippen LogP contribution in [0.1, 0.15) is 34.0 Å². The minimum atomic E-state index is 0.00739. The van der Waals surface area contributed by atoms with Crippen molar-refractivity contribution in [2.24, 2.45) is 0 Å². The van der Waals surface area contributed by atoms with Crippen LogP contribution in [0.4, 0.5) is 0 Å². The average molecular weight is 344 g/mol. The number of ketones is 1. The number of hydrogen-bond acceptors (Lipinski definition) is 3. The molecule has 0 aliphatic heterocycles. The zero-order valence-corrected chi connectivity index (χ0v) is 13.6. The first-order valence-corrected chi connectivity index (χ1v) is 7.21.